The number of ether oxygens (including phenoxy) is 1. The van der Waals surface area contributed by atoms with Gasteiger partial charge in [-0.3, -0.25) is 9.89 Å². The second-order valence-electron chi connectivity index (χ2n) is 8.43. The van der Waals surface area contributed by atoms with Gasteiger partial charge in [0.05, 0.1) is 6.04 Å². The maximum absolute atomic E-state index is 5.67. The van der Waals surface area contributed by atoms with Crippen molar-refractivity contribution in [2.24, 2.45) is 4.99 Å². The number of fused-ring (bicyclic) bond motifs is 1. The number of guanidine groups is 1. The van der Waals surface area contributed by atoms with E-state index in [9.17, 15) is 0 Å². The number of hydrogen-bond donors (Lipinski definition) is 2. The molecule has 0 bridgehead atoms. The summed E-state index contributed by atoms with van der Waals surface area (Å²) >= 11 is 0. The number of nitrogens with zero attached hydrogens (tertiary/aromatic N) is 2. The van der Waals surface area contributed by atoms with E-state index in [1.54, 1.807) is 0 Å². The first-order chi connectivity index (χ1) is 14.2. The van der Waals surface area contributed by atoms with E-state index in [0.717, 1.165) is 38.6 Å². The minimum absolute atomic E-state index is 0. The molecular formula is C24H35IN4O. The maximum Gasteiger partial charge on any atom is 0.191 e. The van der Waals surface area contributed by atoms with Crippen LogP contribution in [0.4, 0.5) is 0 Å². The standard InChI is InChI=1S/C24H34N4O.HI/c1-19(21-10-9-20-7-3-4-8-22(20)17-21)27-23(25-2)26-18-24(11-15-29-16-12-24)28-13-5-6-14-28;/h3-4,7-10,17,19H,5-6,11-16,18H2,1-2H3,(H2,25,26,27);1H. The van der Waals surface area contributed by atoms with Gasteiger partial charge in [0.15, 0.2) is 5.96 Å². The predicted molar refractivity (Wildman–Crippen MR) is 136 cm³/mol. The van der Waals surface area contributed by atoms with E-state index >= 15 is 0 Å². The highest BCUT2D eigenvalue weighted by atomic mass is 127. The van der Waals surface area contributed by atoms with Gasteiger partial charge in [0.1, 0.15) is 0 Å². The molecule has 0 aromatic heterocycles. The van der Waals surface area contributed by atoms with Crippen LogP contribution in [-0.2, 0) is 4.74 Å². The molecule has 0 saturated carbocycles. The van der Waals surface area contributed by atoms with Gasteiger partial charge in [-0.2, -0.15) is 0 Å². The van der Waals surface area contributed by atoms with Gasteiger partial charge >= 0.3 is 0 Å². The lowest BCUT2D eigenvalue weighted by molar-refractivity contribution is -0.0164. The average molecular weight is 522 g/mol. The number of nitrogens with one attached hydrogen (secondary N) is 2. The third-order valence-electron chi connectivity index (χ3n) is 6.64. The molecule has 6 heteroatoms. The molecule has 2 heterocycles. The monoisotopic (exact) mass is 522 g/mol. The third kappa shape index (κ3) is 5.26. The highest BCUT2D eigenvalue weighted by Crippen LogP contribution is 2.30. The van der Waals surface area contributed by atoms with Crippen LogP contribution in [0.15, 0.2) is 47.5 Å². The number of likely N-dealkylation sites (tertiary alicyclic amines) is 1. The van der Waals surface area contributed by atoms with Gasteiger partial charge in [0.2, 0.25) is 0 Å². The Morgan fingerprint density at radius 1 is 1.10 bits per heavy atom. The number of halogens is 1. The van der Waals surface area contributed by atoms with Gasteiger partial charge < -0.3 is 15.4 Å². The summed E-state index contributed by atoms with van der Waals surface area (Å²) < 4.78 is 5.67. The summed E-state index contributed by atoms with van der Waals surface area (Å²) in [4.78, 5) is 7.19. The van der Waals surface area contributed by atoms with Crippen LogP contribution in [0.2, 0.25) is 0 Å². The van der Waals surface area contributed by atoms with Crippen molar-refractivity contribution in [2.45, 2.75) is 44.2 Å². The smallest absolute Gasteiger partial charge is 0.191 e. The fourth-order valence-electron chi connectivity index (χ4n) is 4.76. The Hall–Kier alpha value is -1.38. The SMILES string of the molecule is CN=C(NCC1(N2CCCC2)CCOCC1)NC(C)c1ccc2ccccc2c1.I. The Labute approximate surface area is 197 Å². The molecule has 0 aliphatic carbocycles. The summed E-state index contributed by atoms with van der Waals surface area (Å²) in [7, 11) is 1.86. The Bertz CT molecular complexity index is 844. The first-order valence-corrected chi connectivity index (χ1v) is 11.0. The van der Waals surface area contributed by atoms with Gasteiger partial charge in [-0.25, -0.2) is 0 Å². The quantitative estimate of drug-likeness (QED) is 0.349. The van der Waals surface area contributed by atoms with E-state index < -0.39 is 0 Å². The fourth-order valence-corrected chi connectivity index (χ4v) is 4.76. The fraction of sp³-hybridized carbons (Fsp3) is 0.542. The molecule has 1 atom stereocenters. The zero-order valence-corrected chi connectivity index (χ0v) is 20.5. The van der Waals surface area contributed by atoms with Crippen molar-refractivity contribution >= 4 is 40.7 Å². The van der Waals surface area contributed by atoms with Crippen molar-refractivity contribution in [1.29, 1.82) is 0 Å². The summed E-state index contributed by atoms with van der Waals surface area (Å²) in [6, 6.07) is 15.4. The summed E-state index contributed by atoms with van der Waals surface area (Å²) in [6.45, 7) is 7.25. The van der Waals surface area contributed by atoms with E-state index in [-0.39, 0.29) is 35.6 Å². The molecule has 2 aliphatic rings. The average Bonchev–Trinajstić information content (AvgIpc) is 3.32. The first kappa shape index (κ1) is 23.3. The lowest BCUT2D eigenvalue weighted by Gasteiger charge is -2.45. The van der Waals surface area contributed by atoms with Crippen molar-refractivity contribution in [3.8, 4) is 0 Å². The highest BCUT2D eigenvalue weighted by Gasteiger charge is 2.39. The van der Waals surface area contributed by atoms with Crippen LogP contribution in [0.3, 0.4) is 0 Å². The Kier molecular flexibility index (Phi) is 8.36. The number of aliphatic imine (C=N–C) groups is 1. The van der Waals surface area contributed by atoms with Crippen molar-refractivity contribution < 1.29 is 4.74 Å². The molecule has 2 saturated heterocycles. The molecule has 2 N–H and O–H groups in total. The largest absolute Gasteiger partial charge is 0.381 e. The van der Waals surface area contributed by atoms with E-state index in [2.05, 4.69) is 69.9 Å². The molecule has 5 nitrogen and oxygen atoms in total. The minimum Gasteiger partial charge on any atom is -0.381 e. The second kappa shape index (κ2) is 10.8. The van der Waals surface area contributed by atoms with Crippen LogP contribution >= 0.6 is 24.0 Å². The van der Waals surface area contributed by atoms with Crippen LogP contribution in [-0.4, -0.2) is 56.3 Å². The van der Waals surface area contributed by atoms with E-state index in [1.807, 2.05) is 7.05 Å². The van der Waals surface area contributed by atoms with Gasteiger partial charge in [-0.05, 0) is 68.1 Å². The molecule has 0 amide bonds. The molecule has 2 aromatic carbocycles. The van der Waals surface area contributed by atoms with Crippen LogP contribution in [0.25, 0.3) is 10.8 Å². The number of rotatable bonds is 5. The van der Waals surface area contributed by atoms with Gasteiger partial charge in [-0.1, -0.05) is 36.4 Å². The topological polar surface area (TPSA) is 48.9 Å². The molecule has 0 spiro atoms. The zero-order chi connectivity index (χ0) is 20.1. The third-order valence-corrected chi connectivity index (χ3v) is 6.64. The van der Waals surface area contributed by atoms with Crippen LogP contribution in [0, 0.1) is 0 Å². The van der Waals surface area contributed by atoms with Gasteiger partial charge in [0, 0.05) is 32.3 Å². The maximum atomic E-state index is 5.67. The molecule has 1 unspecified atom stereocenters. The van der Waals surface area contributed by atoms with Crippen LogP contribution < -0.4 is 10.6 Å². The number of hydrogen-bond acceptors (Lipinski definition) is 3. The molecule has 30 heavy (non-hydrogen) atoms. The van der Waals surface area contributed by atoms with E-state index in [0.29, 0.717) is 0 Å². The van der Waals surface area contributed by atoms with Crippen LogP contribution in [0.5, 0.6) is 0 Å². The second-order valence-corrected chi connectivity index (χ2v) is 8.43. The molecule has 164 valence electrons. The minimum atomic E-state index is 0. The lowest BCUT2D eigenvalue weighted by atomic mass is 9.88. The molecule has 0 radical (unpaired) electrons. The molecule has 2 aromatic rings. The lowest BCUT2D eigenvalue weighted by Crippen LogP contribution is -2.58. The first-order valence-electron chi connectivity index (χ1n) is 11.0. The molecule has 4 rings (SSSR count). The molecular weight excluding hydrogens is 487 g/mol. The van der Waals surface area contributed by atoms with E-state index in [4.69, 9.17) is 4.74 Å². The van der Waals surface area contributed by atoms with Gasteiger partial charge in [-0.15, -0.1) is 24.0 Å². The summed E-state index contributed by atoms with van der Waals surface area (Å²) in [6.07, 6.45) is 4.82. The Balaban J connectivity index is 0.00000256. The normalized spacial score (nSPS) is 20.5. The Morgan fingerprint density at radius 3 is 2.50 bits per heavy atom. The van der Waals surface area contributed by atoms with Crippen molar-refractivity contribution in [1.82, 2.24) is 15.5 Å². The molecule has 2 aliphatic heterocycles. The summed E-state index contributed by atoms with van der Waals surface area (Å²) in [5.74, 6) is 0.871. The van der Waals surface area contributed by atoms with Crippen molar-refractivity contribution in [3.63, 3.8) is 0 Å². The molecule has 2 fully saturated rings. The predicted octanol–water partition coefficient (Wildman–Crippen LogP) is 4.33. The van der Waals surface area contributed by atoms with Crippen molar-refractivity contribution in [2.75, 3.05) is 39.9 Å². The highest BCUT2D eigenvalue weighted by molar-refractivity contribution is 14.0. The Morgan fingerprint density at radius 2 is 1.80 bits per heavy atom. The van der Waals surface area contributed by atoms with Crippen LogP contribution in [0.1, 0.15) is 44.2 Å². The number of benzene rings is 2. The van der Waals surface area contributed by atoms with E-state index in [1.165, 1.54) is 42.3 Å². The summed E-state index contributed by atoms with van der Waals surface area (Å²) in [5, 5.41) is 9.77. The van der Waals surface area contributed by atoms with Crippen molar-refractivity contribution in [3.05, 3.63) is 48.0 Å². The summed E-state index contributed by atoms with van der Waals surface area (Å²) in [5.41, 5.74) is 1.46. The zero-order valence-electron chi connectivity index (χ0n) is 18.2. The van der Waals surface area contributed by atoms with Gasteiger partial charge in [0.25, 0.3) is 0 Å².